The van der Waals surface area contributed by atoms with Gasteiger partial charge in [0.05, 0.1) is 5.56 Å². The van der Waals surface area contributed by atoms with Crippen molar-refractivity contribution in [3.63, 3.8) is 0 Å². The van der Waals surface area contributed by atoms with E-state index in [0.29, 0.717) is 16.7 Å². The molecule has 108 valence electrons. The molecule has 0 atom stereocenters. The molecule has 1 aromatic carbocycles. The molecule has 3 rings (SSSR count). The molecule has 1 saturated heterocycles. The molecule has 2 fully saturated rings. The van der Waals surface area contributed by atoms with Crippen LogP contribution in [0.25, 0.3) is 0 Å². The highest BCUT2D eigenvalue weighted by atomic mass is 79.9. The Bertz CT molecular complexity index is 523. The Labute approximate surface area is 128 Å². The lowest BCUT2D eigenvalue weighted by Gasteiger charge is -2.33. The van der Waals surface area contributed by atoms with E-state index >= 15 is 0 Å². The fourth-order valence-electron chi connectivity index (χ4n) is 3.72. The number of likely N-dealkylation sites (tertiary alicyclic amines) is 1. The van der Waals surface area contributed by atoms with Gasteiger partial charge in [-0.05, 0) is 42.9 Å². The van der Waals surface area contributed by atoms with E-state index in [2.05, 4.69) is 15.9 Å². The van der Waals surface area contributed by atoms with Crippen molar-refractivity contribution in [1.29, 1.82) is 0 Å². The maximum Gasteiger partial charge on any atom is 0.255 e. The van der Waals surface area contributed by atoms with Crippen molar-refractivity contribution in [3.05, 3.63) is 28.2 Å². The number of rotatable bonds is 1. The molecule has 0 bridgehead atoms. The Kier molecular flexibility index (Phi) is 3.76. The second-order valence-electron chi connectivity index (χ2n) is 6.27. The lowest BCUT2D eigenvalue weighted by atomic mass is 9.73. The number of anilines is 1. The van der Waals surface area contributed by atoms with Gasteiger partial charge in [-0.3, -0.25) is 4.79 Å². The quantitative estimate of drug-likeness (QED) is 0.792. The smallest absolute Gasteiger partial charge is 0.255 e. The number of benzene rings is 1. The van der Waals surface area contributed by atoms with Crippen LogP contribution in [0.3, 0.4) is 0 Å². The van der Waals surface area contributed by atoms with Gasteiger partial charge in [0.1, 0.15) is 0 Å². The molecule has 2 N–H and O–H groups in total. The molecular formula is C16H21BrN2O. The van der Waals surface area contributed by atoms with Crippen LogP contribution in [0, 0.1) is 5.41 Å². The van der Waals surface area contributed by atoms with Crippen LogP contribution in [-0.2, 0) is 0 Å². The Morgan fingerprint density at radius 3 is 2.65 bits per heavy atom. The van der Waals surface area contributed by atoms with Gasteiger partial charge in [-0.25, -0.2) is 0 Å². The second-order valence-corrected chi connectivity index (χ2v) is 7.18. The molecule has 3 nitrogen and oxygen atoms in total. The maximum absolute atomic E-state index is 12.6. The van der Waals surface area contributed by atoms with E-state index in [1.165, 1.54) is 32.1 Å². The monoisotopic (exact) mass is 336 g/mol. The largest absolute Gasteiger partial charge is 0.398 e. The molecular weight excluding hydrogens is 316 g/mol. The predicted molar refractivity (Wildman–Crippen MR) is 84.6 cm³/mol. The molecule has 0 unspecified atom stereocenters. The van der Waals surface area contributed by atoms with Crippen molar-refractivity contribution < 1.29 is 4.79 Å². The van der Waals surface area contributed by atoms with Gasteiger partial charge in [-0.15, -0.1) is 0 Å². The van der Waals surface area contributed by atoms with E-state index in [-0.39, 0.29) is 5.91 Å². The summed E-state index contributed by atoms with van der Waals surface area (Å²) in [6.45, 7) is 1.80. The van der Waals surface area contributed by atoms with Gasteiger partial charge in [-0.1, -0.05) is 35.2 Å². The Morgan fingerprint density at radius 2 is 1.95 bits per heavy atom. The first-order valence-corrected chi connectivity index (χ1v) is 8.23. The standard InChI is InChI=1S/C16H21BrN2O/c17-12-4-5-13(14(18)10-12)15(20)19-9-8-16(11-19)6-2-1-3-7-16/h4-5,10H,1-3,6-9,11,18H2. The van der Waals surface area contributed by atoms with Crippen LogP contribution in [0.5, 0.6) is 0 Å². The molecule has 0 radical (unpaired) electrons. The van der Waals surface area contributed by atoms with Gasteiger partial charge in [0.15, 0.2) is 0 Å². The average molecular weight is 337 g/mol. The maximum atomic E-state index is 12.6. The van der Waals surface area contributed by atoms with Crippen molar-refractivity contribution in [2.24, 2.45) is 5.41 Å². The van der Waals surface area contributed by atoms with E-state index in [0.717, 1.165) is 24.0 Å². The summed E-state index contributed by atoms with van der Waals surface area (Å²) in [7, 11) is 0. The molecule has 1 saturated carbocycles. The van der Waals surface area contributed by atoms with E-state index in [1.807, 2.05) is 17.0 Å². The molecule has 2 aliphatic rings. The van der Waals surface area contributed by atoms with Crippen molar-refractivity contribution in [2.75, 3.05) is 18.8 Å². The molecule has 1 aromatic rings. The molecule has 20 heavy (non-hydrogen) atoms. The fraction of sp³-hybridized carbons (Fsp3) is 0.562. The van der Waals surface area contributed by atoms with Gasteiger partial charge in [0, 0.05) is 23.2 Å². The van der Waals surface area contributed by atoms with Crippen molar-refractivity contribution in [2.45, 2.75) is 38.5 Å². The number of carbonyl (C=O) groups excluding carboxylic acids is 1. The number of nitrogen functional groups attached to an aromatic ring is 1. The third-order valence-corrected chi connectivity index (χ3v) is 5.38. The summed E-state index contributed by atoms with van der Waals surface area (Å²) in [5.74, 6) is 0.0949. The first kappa shape index (κ1) is 13.9. The van der Waals surface area contributed by atoms with Gasteiger partial charge in [0.25, 0.3) is 5.91 Å². The number of nitrogens with zero attached hydrogens (tertiary/aromatic N) is 1. The van der Waals surface area contributed by atoms with Gasteiger partial charge in [0.2, 0.25) is 0 Å². The summed E-state index contributed by atoms with van der Waals surface area (Å²) in [5.41, 5.74) is 7.59. The summed E-state index contributed by atoms with van der Waals surface area (Å²) in [6.07, 6.45) is 7.73. The number of halogens is 1. The highest BCUT2D eigenvalue weighted by Crippen LogP contribution is 2.44. The zero-order chi connectivity index (χ0) is 14.2. The van der Waals surface area contributed by atoms with Crippen LogP contribution in [0.4, 0.5) is 5.69 Å². The number of hydrogen-bond donors (Lipinski definition) is 1. The molecule has 0 aromatic heterocycles. The highest BCUT2D eigenvalue weighted by molar-refractivity contribution is 9.10. The van der Waals surface area contributed by atoms with Crippen molar-refractivity contribution >= 4 is 27.5 Å². The summed E-state index contributed by atoms with van der Waals surface area (Å²) in [4.78, 5) is 14.6. The van der Waals surface area contributed by atoms with Gasteiger partial charge < -0.3 is 10.6 Å². The van der Waals surface area contributed by atoms with Gasteiger partial charge >= 0.3 is 0 Å². The third-order valence-electron chi connectivity index (χ3n) is 4.88. The number of carbonyl (C=O) groups is 1. The van der Waals surface area contributed by atoms with E-state index in [4.69, 9.17) is 5.73 Å². The molecule has 1 aliphatic heterocycles. The SMILES string of the molecule is Nc1cc(Br)ccc1C(=O)N1CCC2(CCCCC2)C1. The zero-order valence-corrected chi connectivity index (χ0v) is 13.3. The number of amides is 1. The Morgan fingerprint density at radius 1 is 1.20 bits per heavy atom. The number of hydrogen-bond acceptors (Lipinski definition) is 2. The summed E-state index contributed by atoms with van der Waals surface area (Å²) < 4.78 is 0.914. The number of nitrogens with two attached hydrogens (primary N) is 1. The molecule has 4 heteroatoms. The normalized spacial score (nSPS) is 21.4. The lowest BCUT2D eigenvalue weighted by molar-refractivity contribution is 0.0760. The van der Waals surface area contributed by atoms with E-state index < -0.39 is 0 Å². The predicted octanol–water partition coefficient (Wildman–Crippen LogP) is 3.83. The molecule has 1 heterocycles. The Balaban J connectivity index is 1.75. The Hall–Kier alpha value is -1.03. The summed E-state index contributed by atoms with van der Waals surface area (Å²) in [6, 6.07) is 5.52. The fourth-order valence-corrected chi connectivity index (χ4v) is 4.10. The van der Waals surface area contributed by atoms with Crippen molar-refractivity contribution in [3.8, 4) is 0 Å². The van der Waals surface area contributed by atoms with E-state index in [1.54, 1.807) is 6.07 Å². The van der Waals surface area contributed by atoms with Crippen LogP contribution in [0.1, 0.15) is 48.9 Å². The minimum Gasteiger partial charge on any atom is -0.398 e. The van der Waals surface area contributed by atoms with Crippen LogP contribution in [0.2, 0.25) is 0 Å². The van der Waals surface area contributed by atoms with Crippen LogP contribution in [0.15, 0.2) is 22.7 Å². The second kappa shape index (κ2) is 5.40. The summed E-state index contributed by atoms with van der Waals surface area (Å²) in [5, 5.41) is 0. The molecule has 1 aliphatic carbocycles. The topological polar surface area (TPSA) is 46.3 Å². The zero-order valence-electron chi connectivity index (χ0n) is 11.7. The molecule has 1 spiro atoms. The highest BCUT2D eigenvalue weighted by Gasteiger charge is 2.40. The summed E-state index contributed by atoms with van der Waals surface area (Å²) >= 11 is 3.38. The third kappa shape index (κ3) is 2.58. The van der Waals surface area contributed by atoms with Crippen LogP contribution >= 0.6 is 15.9 Å². The average Bonchev–Trinajstić information content (AvgIpc) is 2.83. The van der Waals surface area contributed by atoms with Crippen LogP contribution in [-0.4, -0.2) is 23.9 Å². The minimum atomic E-state index is 0.0949. The van der Waals surface area contributed by atoms with Crippen molar-refractivity contribution in [1.82, 2.24) is 4.90 Å². The van der Waals surface area contributed by atoms with Crippen LogP contribution < -0.4 is 5.73 Å². The lowest BCUT2D eigenvalue weighted by Crippen LogP contribution is -2.33. The van der Waals surface area contributed by atoms with E-state index in [9.17, 15) is 4.79 Å². The minimum absolute atomic E-state index is 0.0949. The molecule has 1 amide bonds. The van der Waals surface area contributed by atoms with Gasteiger partial charge in [-0.2, -0.15) is 0 Å². The first-order valence-electron chi connectivity index (χ1n) is 7.44. The first-order chi connectivity index (χ1) is 9.60.